The van der Waals surface area contributed by atoms with E-state index in [0.29, 0.717) is 12.5 Å². The number of piperidine rings is 1. The summed E-state index contributed by atoms with van der Waals surface area (Å²) in [5, 5.41) is 7.17. The zero-order valence-electron chi connectivity index (χ0n) is 13.2. The minimum Gasteiger partial charge on any atom is -0.327 e. The molecule has 2 rings (SSSR count). The van der Waals surface area contributed by atoms with Crippen LogP contribution in [0.5, 0.6) is 0 Å². The highest BCUT2D eigenvalue weighted by atomic mass is 16.2. The molecule has 118 valence electrons. The third kappa shape index (κ3) is 4.04. The number of rotatable bonds is 5. The number of amides is 1. The number of aromatic nitrogens is 2. The monoisotopic (exact) mass is 293 g/mol. The Bertz CT molecular complexity index is 470. The van der Waals surface area contributed by atoms with Crippen LogP contribution in [-0.2, 0) is 4.79 Å². The van der Waals surface area contributed by atoms with Gasteiger partial charge in [-0.25, -0.2) is 4.68 Å². The molecule has 1 amide bonds. The molecule has 6 heteroatoms. The predicted octanol–water partition coefficient (Wildman–Crippen LogP) is 1.46. The van der Waals surface area contributed by atoms with Crippen LogP contribution in [0.3, 0.4) is 0 Å². The van der Waals surface area contributed by atoms with Gasteiger partial charge in [0, 0.05) is 31.2 Å². The highest BCUT2D eigenvalue weighted by molar-refractivity contribution is 5.91. The number of nitrogens with zero attached hydrogens (tertiary/aromatic N) is 3. The van der Waals surface area contributed by atoms with E-state index in [1.54, 1.807) is 6.20 Å². The molecule has 3 N–H and O–H groups in total. The molecule has 0 aromatic carbocycles. The van der Waals surface area contributed by atoms with Crippen molar-refractivity contribution >= 4 is 11.7 Å². The number of hydrogen-bond donors (Lipinski definition) is 2. The van der Waals surface area contributed by atoms with Crippen LogP contribution in [0.25, 0.3) is 0 Å². The van der Waals surface area contributed by atoms with Crippen LogP contribution in [0, 0.1) is 5.92 Å². The Labute approximate surface area is 126 Å². The van der Waals surface area contributed by atoms with Crippen LogP contribution in [0.1, 0.15) is 39.7 Å². The van der Waals surface area contributed by atoms with E-state index < -0.39 is 0 Å². The molecule has 2 unspecified atom stereocenters. The first-order chi connectivity index (χ1) is 10.0. The van der Waals surface area contributed by atoms with E-state index >= 15 is 0 Å². The molecule has 1 aromatic rings. The zero-order valence-corrected chi connectivity index (χ0v) is 13.2. The number of nitrogens with two attached hydrogens (primary N) is 1. The molecule has 6 nitrogen and oxygen atoms in total. The lowest BCUT2D eigenvalue weighted by Gasteiger charge is -2.36. The largest absolute Gasteiger partial charge is 0.327 e. The van der Waals surface area contributed by atoms with E-state index in [0.717, 1.165) is 31.7 Å². The Balaban J connectivity index is 1.88. The van der Waals surface area contributed by atoms with Crippen molar-refractivity contribution in [1.82, 2.24) is 14.7 Å². The quantitative estimate of drug-likeness (QED) is 0.862. The third-order valence-electron chi connectivity index (χ3n) is 4.20. The fraction of sp³-hybridized carbons (Fsp3) is 0.733. The summed E-state index contributed by atoms with van der Waals surface area (Å²) in [5.74, 6) is 1.27. The van der Waals surface area contributed by atoms with E-state index in [2.05, 4.69) is 22.2 Å². The van der Waals surface area contributed by atoms with E-state index in [9.17, 15) is 4.79 Å². The molecule has 1 aromatic heterocycles. The first-order valence-corrected chi connectivity index (χ1v) is 7.82. The van der Waals surface area contributed by atoms with Gasteiger partial charge in [0.05, 0.1) is 12.7 Å². The highest BCUT2D eigenvalue weighted by Gasteiger charge is 2.26. The van der Waals surface area contributed by atoms with Crippen molar-refractivity contribution in [3.05, 3.63) is 12.3 Å². The second-order valence-corrected chi connectivity index (χ2v) is 6.16. The summed E-state index contributed by atoms with van der Waals surface area (Å²) in [6.45, 7) is 8.48. The van der Waals surface area contributed by atoms with Crippen LogP contribution in [-0.4, -0.2) is 46.3 Å². The third-order valence-corrected chi connectivity index (χ3v) is 4.20. The molecule has 0 radical (unpaired) electrons. The Morgan fingerprint density at radius 1 is 1.57 bits per heavy atom. The van der Waals surface area contributed by atoms with Crippen LogP contribution in [0.2, 0.25) is 0 Å². The highest BCUT2D eigenvalue weighted by Crippen LogP contribution is 2.18. The summed E-state index contributed by atoms with van der Waals surface area (Å²) in [4.78, 5) is 14.4. The van der Waals surface area contributed by atoms with Crippen molar-refractivity contribution in [3.8, 4) is 0 Å². The summed E-state index contributed by atoms with van der Waals surface area (Å²) < 4.78 is 1.82. The molecular weight excluding hydrogens is 266 g/mol. The van der Waals surface area contributed by atoms with Crippen molar-refractivity contribution in [1.29, 1.82) is 0 Å². The number of anilines is 1. The van der Waals surface area contributed by atoms with Crippen molar-refractivity contribution in [2.24, 2.45) is 11.7 Å². The van der Waals surface area contributed by atoms with Gasteiger partial charge in [0.2, 0.25) is 5.91 Å². The number of carbonyl (C=O) groups is 1. The summed E-state index contributed by atoms with van der Waals surface area (Å²) >= 11 is 0. The van der Waals surface area contributed by atoms with Crippen LogP contribution < -0.4 is 11.1 Å². The van der Waals surface area contributed by atoms with E-state index in [1.807, 2.05) is 24.6 Å². The molecule has 0 saturated carbocycles. The van der Waals surface area contributed by atoms with Crippen molar-refractivity contribution in [3.63, 3.8) is 0 Å². The van der Waals surface area contributed by atoms with Gasteiger partial charge in [-0.05, 0) is 26.2 Å². The van der Waals surface area contributed by atoms with Gasteiger partial charge >= 0.3 is 0 Å². The normalized spacial score (nSPS) is 23.5. The first kappa shape index (κ1) is 16.0. The molecule has 1 aliphatic heterocycles. The fourth-order valence-corrected chi connectivity index (χ4v) is 2.91. The van der Waals surface area contributed by atoms with Gasteiger partial charge < -0.3 is 11.1 Å². The van der Waals surface area contributed by atoms with Crippen LogP contribution in [0.15, 0.2) is 12.3 Å². The number of likely N-dealkylation sites (tertiary alicyclic amines) is 1. The maximum absolute atomic E-state index is 12.2. The Morgan fingerprint density at radius 2 is 2.33 bits per heavy atom. The summed E-state index contributed by atoms with van der Waals surface area (Å²) in [5.41, 5.74) is 6.11. The zero-order chi connectivity index (χ0) is 15.4. The predicted molar refractivity (Wildman–Crippen MR) is 84.1 cm³/mol. The van der Waals surface area contributed by atoms with Crippen LogP contribution >= 0.6 is 0 Å². The van der Waals surface area contributed by atoms with Gasteiger partial charge in [-0.2, -0.15) is 5.10 Å². The van der Waals surface area contributed by atoms with Gasteiger partial charge in [-0.3, -0.25) is 9.69 Å². The number of nitrogens with one attached hydrogen (secondary N) is 1. The van der Waals surface area contributed by atoms with Gasteiger partial charge in [0.25, 0.3) is 0 Å². The number of hydrogen-bond acceptors (Lipinski definition) is 4. The van der Waals surface area contributed by atoms with Gasteiger partial charge in [0.15, 0.2) is 0 Å². The van der Waals surface area contributed by atoms with Crippen molar-refractivity contribution < 1.29 is 4.79 Å². The second kappa shape index (κ2) is 7.04. The Hall–Kier alpha value is -1.40. The molecule has 0 spiro atoms. The lowest BCUT2D eigenvalue weighted by atomic mass is 9.91. The van der Waals surface area contributed by atoms with Crippen molar-refractivity contribution in [2.45, 2.75) is 45.7 Å². The average molecular weight is 293 g/mol. The van der Waals surface area contributed by atoms with E-state index in [-0.39, 0.29) is 18.0 Å². The molecular formula is C15H27N5O. The summed E-state index contributed by atoms with van der Waals surface area (Å²) in [7, 11) is 0. The smallest absolute Gasteiger partial charge is 0.239 e. The van der Waals surface area contributed by atoms with E-state index in [1.165, 1.54) is 0 Å². The number of carbonyl (C=O) groups excluding carboxylic acids is 1. The first-order valence-electron chi connectivity index (χ1n) is 7.82. The van der Waals surface area contributed by atoms with Gasteiger partial charge in [-0.1, -0.05) is 13.3 Å². The Morgan fingerprint density at radius 3 is 3.00 bits per heavy atom. The standard InChI is InChI=1S/C15H27N5O/c1-4-12-9-19(8-6-13(12)16)10-15(21)18-14-5-7-17-20(14)11(2)3/h5,7,11-13H,4,6,8-10,16H2,1-3H3,(H,18,21). The van der Waals surface area contributed by atoms with Crippen molar-refractivity contribution in [2.75, 3.05) is 25.0 Å². The summed E-state index contributed by atoms with van der Waals surface area (Å²) in [6, 6.07) is 2.34. The molecule has 2 heterocycles. The molecule has 1 saturated heterocycles. The fourth-order valence-electron chi connectivity index (χ4n) is 2.91. The molecule has 1 aliphatic rings. The minimum absolute atomic E-state index is 0.0164. The SMILES string of the molecule is CCC1CN(CC(=O)Nc2ccnn2C(C)C)CCC1N. The maximum atomic E-state index is 12.2. The van der Waals surface area contributed by atoms with Gasteiger partial charge in [0.1, 0.15) is 5.82 Å². The molecule has 0 aliphatic carbocycles. The average Bonchev–Trinajstić information content (AvgIpc) is 2.89. The molecule has 2 atom stereocenters. The lowest BCUT2D eigenvalue weighted by Crippen LogP contribution is -2.48. The minimum atomic E-state index is 0.0164. The Kier molecular flexibility index (Phi) is 5.36. The second-order valence-electron chi connectivity index (χ2n) is 6.16. The molecule has 21 heavy (non-hydrogen) atoms. The topological polar surface area (TPSA) is 76.2 Å². The lowest BCUT2D eigenvalue weighted by molar-refractivity contribution is -0.117. The van der Waals surface area contributed by atoms with E-state index in [4.69, 9.17) is 5.73 Å². The molecule has 1 fully saturated rings. The van der Waals surface area contributed by atoms with Crippen LogP contribution in [0.4, 0.5) is 5.82 Å². The maximum Gasteiger partial charge on any atom is 0.239 e. The summed E-state index contributed by atoms with van der Waals surface area (Å²) in [6.07, 6.45) is 3.75. The van der Waals surface area contributed by atoms with Gasteiger partial charge in [-0.15, -0.1) is 0 Å². The molecule has 0 bridgehead atoms.